The standard InChI is InChI=1S/C9H9FO3S/c1-14(12,13)6-9(11)7-3-2-4-8(10)5-7/h2-6,11H,1H3. The molecule has 0 aliphatic carbocycles. The van der Waals surface area contributed by atoms with Crippen molar-refractivity contribution in [3.8, 4) is 0 Å². The number of hydrogen-bond donors (Lipinski definition) is 1. The van der Waals surface area contributed by atoms with Crippen LogP contribution in [0.2, 0.25) is 0 Å². The first-order valence-electron chi connectivity index (χ1n) is 3.75. The van der Waals surface area contributed by atoms with Gasteiger partial charge in [0.15, 0.2) is 9.84 Å². The van der Waals surface area contributed by atoms with E-state index < -0.39 is 21.4 Å². The summed E-state index contributed by atoms with van der Waals surface area (Å²) in [7, 11) is -3.42. The van der Waals surface area contributed by atoms with Gasteiger partial charge in [0.05, 0.1) is 5.41 Å². The normalized spacial score (nSPS) is 12.9. The van der Waals surface area contributed by atoms with Gasteiger partial charge < -0.3 is 5.11 Å². The van der Waals surface area contributed by atoms with Gasteiger partial charge in [0, 0.05) is 11.8 Å². The molecule has 0 unspecified atom stereocenters. The van der Waals surface area contributed by atoms with Crippen molar-refractivity contribution in [3.63, 3.8) is 0 Å². The summed E-state index contributed by atoms with van der Waals surface area (Å²) in [6.45, 7) is 0. The minimum Gasteiger partial charge on any atom is -0.507 e. The third kappa shape index (κ3) is 3.18. The van der Waals surface area contributed by atoms with Gasteiger partial charge in [0.25, 0.3) is 0 Å². The molecule has 1 aromatic carbocycles. The fraction of sp³-hybridized carbons (Fsp3) is 0.111. The molecule has 0 aromatic heterocycles. The molecule has 0 saturated heterocycles. The fourth-order valence-corrected chi connectivity index (χ4v) is 1.46. The van der Waals surface area contributed by atoms with Crippen molar-refractivity contribution in [1.82, 2.24) is 0 Å². The van der Waals surface area contributed by atoms with E-state index in [1.165, 1.54) is 18.2 Å². The average molecular weight is 216 g/mol. The van der Waals surface area contributed by atoms with E-state index in [1.807, 2.05) is 0 Å². The monoisotopic (exact) mass is 216 g/mol. The molecule has 14 heavy (non-hydrogen) atoms. The second-order valence-electron chi connectivity index (χ2n) is 2.84. The minimum atomic E-state index is -3.42. The Bertz CT molecular complexity index is 463. The highest BCUT2D eigenvalue weighted by atomic mass is 32.2. The highest BCUT2D eigenvalue weighted by molar-refractivity contribution is 7.93. The number of hydrogen-bond acceptors (Lipinski definition) is 3. The van der Waals surface area contributed by atoms with E-state index in [0.717, 1.165) is 12.3 Å². The molecule has 0 heterocycles. The van der Waals surface area contributed by atoms with E-state index in [1.54, 1.807) is 0 Å². The molecule has 0 bridgehead atoms. The molecule has 76 valence electrons. The first-order chi connectivity index (χ1) is 6.38. The van der Waals surface area contributed by atoms with Crippen LogP contribution in [0.1, 0.15) is 5.56 Å². The van der Waals surface area contributed by atoms with Gasteiger partial charge in [-0.15, -0.1) is 0 Å². The van der Waals surface area contributed by atoms with Crippen molar-refractivity contribution in [2.45, 2.75) is 0 Å². The van der Waals surface area contributed by atoms with Crippen molar-refractivity contribution < 1.29 is 17.9 Å². The Kier molecular flexibility index (Phi) is 2.90. The number of sulfone groups is 1. The average Bonchev–Trinajstić information content (AvgIpc) is 2.01. The Balaban J connectivity index is 3.13. The Morgan fingerprint density at radius 2 is 2.14 bits per heavy atom. The van der Waals surface area contributed by atoms with Crippen LogP contribution in [0, 0.1) is 5.82 Å². The predicted molar refractivity (Wildman–Crippen MR) is 51.8 cm³/mol. The number of rotatable bonds is 2. The number of benzene rings is 1. The summed E-state index contributed by atoms with van der Waals surface area (Å²) in [4.78, 5) is 0. The second kappa shape index (κ2) is 3.79. The summed E-state index contributed by atoms with van der Waals surface area (Å²) in [5.41, 5.74) is 0.135. The van der Waals surface area contributed by atoms with Crippen LogP contribution in [0.25, 0.3) is 5.76 Å². The van der Waals surface area contributed by atoms with E-state index in [-0.39, 0.29) is 5.56 Å². The van der Waals surface area contributed by atoms with Crippen LogP contribution >= 0.6 is 0 Å². The van der Waals surface area contributed by atoms with Gasteiger partial charge >= 0.3 is 0 Å². The van der Waals surface area contributed by atoms with Crippen LogP contribution in [-0.4, -0.2) is 19.8 Å². The molecule has 1 N–H and O–H groups in total. The minimum absolute atomic E-state index is 0.135. The van der Waals surface area contributed by atoms with E-state index in [2.05, 4.69) is 0 Å². The molecule has 0 aliphatic heterocycles. The molecular formula is C9H9FO3S. The molecule has 0 saturated carbocycles. The zero-order chi connectivity index (χ0) is 10.8. The lowest BCUT2D eigenvalue weighted by molar-refractivity contribution is 0.510. The Labute approximate surface area is 81.4 Å². The van der Waals surface area contributed by atoms with Gasteiger partial charge in [-0.25, -0.2) is 12.8 Å². The SMILES string of the molecule is CS(=O)(=O)C=C(O)c1cccc(F)c1. The molecule has 0 radical (unpaired) electrons. The third-order valence-electron chi connectivity index (χ3n) is 1.45. The van der Waals surface area contributed by atoms with E-state index >= 15 is 0 Å². The molecule has 0 atom stereocenters. The maximum atomic E-state index is 12.7. The quantitative estimate of drug-likeness (QED) is 0.766. The summed E-state index contributed by atoms with van der Waals surface area (Å²) < 4.78 is 34.2. The number of aliphatic hydroxyl groups is 1. The van der Waals surface area contributed by atoms with E-state index in [4.69, 9.17) is 0 Å². The van der Waals surface area contributed by atoms with Crippen molar-refractivity contribution >= 4 is 15.6 Å². The molecule has 0 fully saturated rings. The van der Waals surface area contributed by atoms with Crippen molar-refractivity contribution in [2.24, 2.45) is 0 Å². The number of aliphatic hydroxyl groups excluding tert-OH is 1. The molecule has 3 nitrogen and oxygen atoms in total. The lowest BCUT2D eigenvalue weighted by Gasteiger charge is -1.99. The zero-order valence-corrected chi connectivity index (χ0v) is 8.25. The largest absolute Gasteiger partial charge is 0.507 e. The van der Waals surface area contributed by atoms with Crippen molar-refractivity contribution in [3.05, 3.63) is 41.1 Å². The molecule has 0 spiro atoms. The van der Waals surface area contributed by atoms with Crippen LogP contribution in [0.4, 0.5) is 4.39 Å². The molecule has 1 aromatic rings. The van der Waals surface area contributed by atoms with Crippen molar-refractivity contribution in [2.75, 3.05) is 6.26 Å². The summed E-state index contributed by atoms with van der Waals surface area (Å²) in [6.07, 6.45) is 0.947. The highest BCUT2D eigenvalue weighted by Gasteiger charge is 2.04. The first-order valence-corrected chi connectivity index (χ1v) is 5.70. The van der Waals surface area contributed by atoms with Gasteiger partial charge in [-0.1, -0.05) is 12.1 Å². The summed E-state index contributed by atoms with van der Waals surface area (Å²) in [5.74, 6) is -0.997. The van der Waals surface area contributed by atoms with E-state index in [0.29, 0.717) is 5.41 Å². The fourth-order valence-electron chi connectivity index (χ4n) is 0.919. The topological polar surface area (TPSA) is 54.4 Å². The Morgan fingerprint density at radius 3 is 2.64 bits per heavy atom. The van der Waals surface area contributed by atoms with Gasteiger partial charge in [-0.05, 0) is 12.1 Å². The van der Waals surface area contributed by atoms with E-state index in [9.17, 15) is 17.9 Å². The third-order valence-corrected chi connectivity index (χ3v) is 2.10. The van der Waals surface area contributed by atoms with Crippen LogP contribution < -0.4 is 0 Å². The van der Waals surface area contributed by atoms with Gasteiger partial charge in [0.1, 0.15) is 11.6 Å². The second-order valence-corrected chi connectivity index (χ2v) is 4.74. The van der Waals surface area contributed by atoms with Crippen LogP contribution in [0.15, 0.2) is 29.7 Å². The number of halogens is 1. The van der Waals surface area contributed by atoms with Crippen molar-refractivity contribution in [1.29, 1.82) is 0 Å². The Morgan fingerprint density at radius 1 is 1.50 bits per heavy atom. The summed E-state index contributed by atoms with van der Waals surface area (Å²) in [6, 6.07) is 5.06. The molecule has 0 amide bonds. The van der Waals surface area contributed by atoms with Crippen LogP contribution in [-0.2, 0) is 9.84 Å². The Hall–Kier alpha value is -1.36. The predicted octanol–water partition coefficient (Wildman–Crippen LogP) is 1.73. The summed E-state index contributed by atoms with van der Waals surface area (Å²) in [5, 5.41) is 9.98. The molecule has 0 aliphatic rings. The lowest BCUT2D eigenvalue weighted by atomic mass is 10.2. The van der Waals surface area contributed by atoms with Crippen LogP contribution in [0.5, 0.6) is 0 Å². The first kappa shape index (κ1) is 10.7. The maximum absolute atomic E-state index is 12.7. The lowest BCUT2D eigenvalue weighted by Crippen LogP contribution is -1.93. The van der Waals surface area contributed by atoms with Gasteiger partial charge in [-0.3, -0.25) is 0 Å². The smallest absolute Gasteiger partial charge is 0.172 e. The molecular weight excluding hydrogens is 207 g/mol. The van der Waals surface area contributed by atoms with Crippen LogP contribution in [0.3, 0.4) is 0 Å². The summed E-state index contributed by atoms with van der Waals surface area (Å²) >= 11 is 0. The maximum Gasteiger partial charge on any atom is 0.172 e. The molecule has 5 heteroatoms. The highest BCUT2D eigenvalue weighted by Crippen LogP contribution is 2.13. The van der Waals surface area contributed by atoms with Gasteiger partial charge in [-0.2, -0.15) is 0 Å². The zero-order valence-electron chi connectivity index (χ0n) is 7.44. The van der Waals surface area contributed by atoms with Gasteiger partial charge in [0.2, 0.25) is 0 Å². The molecule has 1 rings (SSSR count).